The molecule has 1 rings (SSSR count). The molecule has 3 nitrogen and oxygen atoms in total. The van der Waals surface area contributed by atoms with Gasteiger partial charge in [-0.05, 0) is 24.3 Å². The van der Waals surface area contributed by atoms with Crippen LogP contribution in [-0.4, -0.2) is 18.3 Å². The summed E-state index contributed by atoms with van der Waals surface area (Å²) in [6, 6.07) is 8.98. The highest BCUT2D eigenvalue weighted by Gasteiger charge is 2.09. The SMILES string of the molecule is CN(C(=O)CCBr)c1ccc(C#N)cc1. The number of amides is 1. The van der Waals surface area contributed by atoms with Crippen LogP contribution in [0.5, 0.6) is 0 Å². The Bertz CT molecular complexity index is 381. The minimum absolute atomic E-state index is 0.0524. The standard InChI is InChI=1S/C11H11BrN2O/c1-14(11(15)6-7-12)10-4-2-9(8-13)3-5-10/h2-5H,6-7H2,1H3. The molecule has 0 saturated heterocycles. The zero-order valence-corrected chi connectivity index (χ0v) is 9.99. The minimum Gasteiger partial charge on any atom is -0.315 e. The molecule has 4 heteroatoms. The van der Waals surface area contributed by atoms with E-state index in [-0.39, 0.29) is 5.91 Å². The maximum atomic E-state index is 11.5. The van der Waals surface area contributed by atoms with Crippen LogP contribution >= 0.6 is 15.9 Å². The summed E-state index contributed by atoms with van der Waals surface area (Å²) in [6.45, 7) is 0. The summed E-state index contributed by atoms with van der Waals surface area (Å²) in [5.74, 6) is 0.0524. The van der Waals surface area contributed by atoms with Gasteiger partial charge >= 0.3 is 0 Å². The molecule has 1 aromatic rings. The van der Waals surface area contributed by atoms with Crippen molar-refractivity contribution >= 4 is 27.5 Å². The van der Waals surface area contributed by atoms with E-state index < -0.39 is 0 Å². The van der Waals surface area contributed by atoms with Gasteiger partial charge in [-0.3, -0.25) is 4.79 Å². The van der Waals surface area contributed by atoms with E-state index in [9.17, 15) is 4.79 Å². The lowest BCUT2D eigenvalue weighted by Gasteiger charge is -2.16. The summed E-state index contributed by atoms with van der Waals surface area (Å²) in [4.78, 5) is 13.1. The predicted molar refractivity (Wildman–Crippen MR) is 63.0 cm³/mol. The number of nitrogens with zero attached hydrogens (tertiary/aromatic N) is 2. The number of carbonyl (C=O) groups is 1. The van der Waals surface area contributed by atoms with Crippen molar-refractivity contribution in [3.05, 3.63) is 29.8 Å². The molecule has 0 unspecified atom stereocenters. The number of hydrogen-bond acceptors (Lipinski definition) is 2. The highest BCUT2D eigenvalue weighted by molar-refractivity contribution is 9.09. The molecule has 0 spiro atoms. The van der Waals surface area contributed by atoms with Gasteiger partial charge in [-0.25, -0.2) is 0 Å². The number of benzene rings is 1. The molecule has 0 aromatic heterocycles. The molecule has 0 aliphatic rings. The van der Waals surface area contributed by atoms with Crippen LogP contribution in [0, 0.1) is 11.3 Å². The third-order valence-corrected chi connectivity index (χ3v) is 2.46. The largest absolute Gasteiger partial charge is 0.315 e. The quantitative estimate of drug-likeness (QED) is 0.789. The van der Waals surface area contributed by atoms with E-state index in [1.165, 1.54) is 0 Å². The molecule has 0 bridgehead atoms. The highest BCUT2D eigenvalue weighted by Crippen LogP contribution is 2.14. The average molecular weight is 267 g/mol. The third kappa shape index (κ3) is 3.07. The lowest BCUT2D eigenvalue weighted by molar-refractivity contribution is -0.117. The number of carbonyl (C=O) groups excluding carboxylic acids is 1. The molecular formula is C11H11BrN2O. The lowest BCUT2D eigenvalue weighted by atomic mass is 10.2. The molecule has 0 fully saturated rings. The van der Waals surface area contributed by atoms with E-state index in [1.807, 2.05) is 6.07 Å². The van der Waals surface area contributed by atoms with E-state index in [0.29, 0.717) is 17.3 Å². The Morgan fingerprint density at radius 2 is 2.07 bits per heavy atom. The maximum Gasteiger partial charge on any atom is 0.227 e. The van der Waals surface area contributed by atoms with Crippen molar-refractivity contribution < 1.29 is 4.79 Å². The lowest BCUT2D eigenvalue weighted by Crippen LogP contribution is -2.26. The fraction of sp³-hybridized carbons (Fsp3) is 0.273. The van der Waals surface area contributed by atoms with Gasteiger partial charge in [0.2, 0.25) is 5.91 Å². The molecule has 0 N–H and O–H groups in total. The van der Waals surface area contributed by atoms with E-state index in [0.717, 1.165) is 5.69 Å². The molecule has 0 saturated carbocycles. The summed E-state index contributed by atoms with van der Waals surface area (Å²) in [7, 11) is 1.73. The zero-order valence-electron chi connectivity index (χ0n) is 8.40. The van der Waals surface area contributed by atoms with Crippen LogP contribution in [0.4, 0.5) is 5.69 Å². The molecule has 0 heterocycles. The van der Waals surface area contributed by atoms with Crippen molar-refractivity contribution in [3.63, 3.8) is 0 Å². The number of alkyl halides is 1. The van der Waals surface area contributed by atoms with Crippen LogP contribution in [0.15, 0.2) is 24.3 Å². The van der Waals surface area contributed by atoms with Crippen LogP contribution in [0.25, 0.3) is 0 Å². The van der Waals surface area contributed by atoms with Crippen molar-refractivity contribution in [2.24, 2.45) is 0 Å². The van der Waals surface area contributed by atoms with Gasteiger partial charge in [0, 0.05) is 24.5 Å². The second kappa shape index (κ2) is 5.52. The van der Waals surface area contributed by atoms with Crippen molar-refractivity contribution in [3.8, 4) is 6.07 Å². The monoisotopic (exact) mass is 266 g/mol. The topological polar surface area (TPSA) is 44.1 Å². The fourth-order valence-electron chi connectivity index (χ4n) is 1.15. The van der Waals surface area contributed by atoms with E-state index in [2.05, 4.69) is 15.9 Å². The average Bonchev–Trinajstić information content (AvgIpc) is 2.28. The first-order chi connectivity index (χ1) is 7.19. The molecule has 78 valence electrons. The zero-order chi connectivity index (χ0) is 11.3. The second-order valence-corrected chi connectivity index (χ2v) is 3.84. The summed E-state index contributed by atoms with van der Waals surface area (Å²) in [5.41, 5.74) is 1.40. The van der Waals surface area contributed by atoms with E-state index in [1.54, 1.807) is 36.2 Å². The van der Waals surface area contributed by atoms with Gasteiger partial charge in [-0.15, -0.1) is 0 Å². The normalized spacial score (nSPS) is 9.40. The first-order valence-corrected chi connectivity index (χ1v) is 5.64. The number of anilines is 1. The van der Waals surface area contributed by atoms with Gasteiger partial charge in [-0.2, -0.15) is 5.26 Å². The third-order valence-electron chi connectivity index (χ3n) is 2.07. The van der Waals surface area contributed by atoms with Crippen LogP contribution in [-0.2, 0) is 4.79 Å². The van der Waals surface area contributed by atoms with Crippen molar-refractivity contribution in [2.75, 3.05) is 17.3 Å². The number of rotatable bonds is 3. The minimum atomic E-state index is 0.0524. The van der Waals surface area contributed by atoms with Gasteiger partial charge in [0.25, 0.3) is 0 Å². The second-order valence-electron chi connectivity index (χ2n) is 3.05. The van der Waals surface area contributed by atoms with Crippen molar-refractivity contribution in [1.82, 2.24) is 0 Å². The molecule has 15 heavy (non-hydrogen) atoms. The molecule has 1 amide bonds. The Hall–Kier alpha value is -1.34. The van der Waals surface area contributed by atoms with Gasteiger partial charge in [0.15, 0.2) is 0 Å². The first kappa shape index (κ1) is 11.7. The fourth-order valence-corrected chi connectivity index (χ4v) is 1.49. The van der Waals surface area contributed by atoms with Gasteiger partial charge < -0.3 is 4.90 Å². The Labute approximate surface area is 97.4 Å². The van der Waals surface area contributed by atoms with Crippen LogP contribution in [0.2, 0.25) is 0 Å². The molecule has 0 radical (unpaired) electrons. The van der Waals surface area contributed by atoms with Crippen molar-refractivity contribution in [2.45, 2.75) is 6.42 Å². The maximum absolute atomic E-state index is 11.5. The summed E-state index contributed by atoms with van der Waals surface area (Å²) in [6.07, 6.45) is 0.469. The van der Waals surface area contributed by atoms with Gasteiger partial charge in [-0.1, -0.05) is 15.9 Å². The van der Waals surface area contributed by atoms with Crippen LogP contribution < -0.4 is 4.90 Å². The summed E-state index contributed by atoms with van der Waals surface area (Å²) < 4.78 is 0. The molecule has 1 aromatic carbocycles. The number of halogens is 1. The Morgan fingerprint density at radius 3 is 2.53 bits per heavy atom. The predicted octanol–water partition coefficient (Wildman–Crippen LogP) is 2.31. The van der Waals surface area contributed by atoms with E-state index >= 15 is 0 Å². The molecule has 0 atom stereocenters. The Kier molecular flexibility index (Phi) is 4.32. The molecular weight excluding hydrogens is 256 g/mol. The number of hydrogen-bond donors (Lipinski definition) is 0. The summed E-state index contributed by atoms with van der Waals surface area (Å²) in [5, 5.41) is 9.28. The molecule has 0 aliphatic heterocycles. The number of nitriles is 1. The van der Waals surface area contributed by atoms with Gasteiger partial charge in [0.1, 0.15) is 0 Å². The molecule has 0 aliphatic carbocycles. The van der Waals surface area contributed by atoms with Crippen LogP contribution in [0.3, 0.4) is 0 Å². The summed E-state index contributed by atoms with van der Waals surface area (Å²) >= 11 is 3.22. The first-order valence-electron chi connectivity index (χ1n) is 4.51. The van der Waals surface area contributed by atoms with Crippen molar-refractivity contribution in [1.29, 1.82) is 5.26 Å². The van der Waals surface area contributed by atoms with E-state index in [4.69, 9.17) is 5.26 Å². The van der Waals surface area contributed by atoms with Crippen LogP contribution in [0.1, 0.15) is 12.0 Å². The Morgan fingerprint density at radius 1 is 1.47 bits per heavy atom. The Balaban J connectivity index is 2.79. The van der Waals surface area contributed by atoms with Gasteiger partial charge in [0.05, 0.1) is 11.6 Å². The smallest absolute Gasteiger partial charge is 0.227 e. The highest BCUT2D eigenvalue weighted by atomic mass is 79.9.